The quantitative estimate of drug-likeness (QED) is 0.236. The maximum Gasteiger partial charge on any atom is 3.00 e. The van der Waals surface area contributed by atoms with Crippen LogP contribution in [0.15, 0.2) is 24.5 Å². The summed E-state index contributed by atoms with van der Waals surface area (Å²) in [6.07, 6.45) is 20.9. The summed E-state index contributed by atoms with van der Waals surface area (Å²) in [5, 5.41) is 0. The second kappa shape index (κ2) is 13.3. The van der Waals surface area contributed by atoms with Crippen LogP contribution in [0, 0.1) is 42.3 Å². The SMILES string of the molecule is Cc1cc(C)c(N2C=CN(C[PH+](C3CCCCC3)C3CCCCC3)[CH-]2)c(C)c1.[CH3-].[CH3-].[Ni+3]. The summed E-state index contributed by atoms with van der Waals surface area (Å²) in [5.41, 5.74) is 7.60. The van der Waals surface area contributed by atoms with Crippen LogP contribution in [-0.4, -0.2) is 22.5 Å². The molecule has 1 heterocycles. The third kappa shape index (κ3) is 6.98. The molecule has 1 aliphatic heterocycles. The molecule has 2 aliphatic carbocycles. The minimum atomic E-state index is -0.343. The number of nitrogens with zero attached hydrogens (tertiary/aromatic N) is 2. The van der Waals surface area contributed by atoms with E-state index in [1.165, 1.54) is 92.9 Å². The van der Waals surface area contributed by atoms with E-state index in [1.807, 2.05) is 0 Å². The van der Waals surface area contributed by atoms with Gasteiger partial charge in [-0.05, 0) is 95.7 Å². The number of aryl methyl sites for hydroxylation is 3. The number of benzene rings is 1. The fraction of sp³-hybridized carbons (Fsp3) is 0.593. The molecule has 2 saturated carbocycles. The first-order valence-electron chi connectivity index (χ1n) is 11.6. The van der Waals surface area contributed by atoms with Gasteiger partial charge in [0.2, 0.25) is 0 Å². The van der Waals surface area contributed by atoms with Crippen molar-refractivity contribution < 1.29 is 16.5 Å². The van der Waals surface area contributed by atoms with E-state index in [4.69, 9.17) is 0 Å². The fourth-order valence-electron chi connectivity index (χ4n) is 5.95. The normalized spacial score (nSPS) is 19.7. The summed E-state index contributed by atoms with van der Waals surface area (Å²) in [4.78, 5) is 4.90. The van der Waals surface area contributed by atoms with Crippen LogP contribution < -0.4 is 4.90 Å². The van der Waals surface area contributed by atoms with Gasteiger partial charge in [0.1, 0.15) is 6.29 Å². The molecule has 2 fully saturated rings. The standard InChI is InChI=1S/C25H38N2P.2CH3.Ni/c1-20-16-21(2)25(22(3)17-20)27-15-14-26(18-27)19-28(23-10-6-4-7-11-23)24-12-8-5-9-13-24;;;/h14-18,23-24H,4-13,19H2,1-3H3;2*1H3;/q3*-1;+3/p+1. The average Bonchev–Trinajstić information content (AvgIpc) is 3.15. The van der Waals surface area contributed by atoms with Crippen LogP contribution >= 0.6 is 7.92 Å². The molecule has 4 rings (SSSR count). The number of hydrogen-bond acceptors (Lipinski definition) is 2. The van der Waals surface area contributed by atoms with E-state index in [2.05, 4.69) is 61.8 Å². The first-order valence-corrected chi connectivity index (χ1v) is 13.5. The molecule has 0 unspecified atom stereocenters. The van der Waals surface area contributed by atoms with Gasteiger partial charge in [0.15, 0.2) is 0 Å². The Kier molecular flexibility index (Phi) is 12.2. The van der Waals surface area contributed by atoms with Crippen LogP contribution in [-0.2, 0) is 16.5 Å². The molecule has 0 amide bonds. The second-order valence-electron chi connectivity index (χ2n) is 9.49. The molecule has 0 N–H and O–H groups in total. The van der Waals surface area contributed by atoms with Gasteiger partial charge in [-0.15, -0.1) is 6.67 Å². The summed E-state index contributed by atoms with van der Waals surface area (Å²) in [6.45, 7) is 9.07. The molecule has 31 heavy (non-hydrogen) atoms. The van der Waals surface area contributed by atoms with Gasteiger partial charge in [-0.2, -0.15) is 0 Å². The predicted molar refractivity (Wildman–Crippen MR) is 138 cm³/mol. The average molecular weight is 487 g/mol. The molecule has 0 atom stereocenters. The van der Waals surface area contributed by atoms with Crippen LogP contribution in [0.4, 0.5) is 5.69 Å². The Balaban J connectivity index is 0.00000160. The summed E-state index contributed by atoms with van der Waals surface area (Å²) < 4.78 is 0. The van der Waals surface area contributed by atoms with E-state index in [0.29, 0.717) is 0 Å². The van der Waals surface area contributed by atoms with Crippen molar-refractivity contribution in [2.45, 2.75) is 96.3 Å². The van der Waals surface area contributed by atoms with Gasteiger partial charge in [-0.3, -0.25) is 0 Å². The van der Waals surface area contributed by atoms with E-state index in [9.17, 15) is 0 Å². The molecule has 0 spiro atoms. The molecule has 4 heteroatoms. The summed E-state index contributed by atoms with van der Waals surface area (Å²) in [5.74, 6) is 0. The molecule has 0 bridgehead atoms. The number of anilines is 1. The molecular weight excluding hydrogens is 442 g/mol. The maximum atomic E-state index is 2.54. The van der Waals surface area contributed by atoms with E-state index in [-0.39, 0.29) is 39.3 Å². The van der Waals surface area contributed by atoms with Crippen molar-refractivity contribution in [3.63, 3.8) is 0 Å². The van der Waals surface area contributed by atoms with Crippen molar-refractivity contribution in [2.24, 2.45) is 0 Å². The number of hydrogen-bond donors (Lipinski definition) is 0. The predicted octanol–water partition coefficient (Wildman–Crippen LogP) is 8.06. The molecule has 3 aliphatic rings. The van der Waals surface area contributed by atoms with Gasteiger partial charge >= 0.3 is 16.5 Å². The zero-order valence-electron chi connectivity index (χ0n) is 20.5. The maximum absolute atomic E-state index is 2.54. The van der Waals surface area contributed by atoms with Crippen molar-refractivity contribution in [1.29, 1.82) is 0 Å². The molecule has 0 aromatic heterocycles. The van der Waals surface area contributed by atoms with Crippen LogP contribution in [0.2, 0.25) is 0 Å². The smallest absolute Gasteiger partial charge is 0.480 e. The topological polar surface area (TPSA) is 6.48 Å². The summed E-state index contributed by atoms with van der Waals surface area (Å²) in [6, 6.07) is 4.62. The largest absolute Gasteiger partial charge is 3.00 e. The Morgan fingerprint density at radius 3 is 1.77 bits per heavy atom. The van der Waals surface area contributed by atoms with Gasteiger partial charge in [0.05, 0.1) is 11.3 Å². The van der Waals surface area contributed by atoms with Gasteiger partial charge in [0, 0.05) is 13.6 Å². The van der Waals surface area contributed by atoms with Crippen molar-refractivity contribution >= 4 is 13.6 Å². The molecule has 2 nitrogen and oxygen atoms in total. The Labute approximate surface area is 204 Å². The summed E-state index contributed by atoms with van der Waals surface area (Å²) in [7, 11) is -0.343. The first-order chi connectivity index (χ1) is 13.6. The van der Waals surface area contributed by atoms with Crippen molar-refractivity contribution in [2.75, 3.05) is 11.2 Å². The molecular formula is C27H45N2NiP+. The van der Waals surface area contributed by atoms with E-state index < -0.39 is 0 Å². The number of rotatable bonds is 5. The Bertz CT molecular complexity index is 651. The Morgan fingerprint density at radius 2 is 1.29 bits per heavy atom. The fourth-order valence-corrected chi connectivity index (χ4v) is 10.0. The summed E-state index contributed by atoms with van der Waals surface area (Å²) >= 11 is 0. The minimum absolute atomic E-state index is 0. The second-order valence-corrected chi connectivity index (χ2v) is 12.6. The van der Waals surface area contributed by atoms with Gasteiger partial charge in [0.25, 0.3) is 0 Å². The molecule has 1 aromatic carbocycles. The van der Waals surface area contributed by atoms with Crippen molar-refractivity contribution in [3.8, 4) is 0 Å². The molecule has 1 radical (unpaired) electrons. The van der Waals surface area contributed by atoms with E-state index in [1.54, 1.807) is 0 Å². The molecule has 0 saturated heterocycles. The van der Waals surface area contributed by atoms with Crippen molar-refractivity contribution in [3.05, 3.63) is 62.7 Å². The van der Waals surface area contributed by atoms with Crippen LogP contribution in [0.3, 0.4) is 0 Å². The monoisotopic (exact) mass is 486 g/mol. The molecule has 177 valence electrons. The van der Waals surface area contributed by atoms with Crippen LogP contribution in [0.25, 0.3) is 0 Å². The Hall–Kier alpha value is -0.516. The van der Waals surface area contributed by atoms with E-state index >= 15 is 0 Å². The zero-order chi connectivity index (χ0) is 19.5. The van der Waals surface area contributed by atoms with Crippen LogP contribution in [0.5, 0.6) is 0 Å². The van der Waals surface area contributed by atoms with Gasteiger partial charge in [-0.25, -0.2) is 0 Å². The molecule has 1 aromatic rings. The zero-order valence-corrected chi connectivity index (χ0v) is 22.5. The minimum Gasteiger partial charge on any atom is -0.480 e. The first kappa shape index (κ1) is 28.5. The third-order valence-corrected chi connectivity index (χ3v) is 11.2. The van der Waals surface area contributed by atoms with Gasteiger partial charge in [-0.1, -0.05) is 30.5 Å². The Morgan fingerprint density at radius 1 is 0.806 bits per heavy atom. The third-order valence-electron chi connectivity index (χ3n) is 7.21. The van der Waals surface area contributed by atoms with Crippen LogP contribution in [0.1, 0.15) is 80.9 Å². The van der Waals surface area contributed by atoms with E-state index in [0.717, 1.165) is 11.3 Å². The van der Waals surface area contributed by atoms with Gasteiger partial charge < -0.3 is 24.7 Å². The van der Waals surface area contributed by atoms with Crippen molar-refractivity contribution in [1.82, 2.24) is 4.90 Å².